The van der Waals surface area contributed by atoms with Gasteiger partial charge in [-0.1, -0.05) is 41.9 Å². The summed E-state index contributed by atoms with van der Waals surface area (Å²) in [5, 5.41) is 3.05. The van der Waals surface area contributed by atoms with Gasteiger partial charge in [0.25, 0.3) is 5.91 Å². The van der Waals surface area contributed by atoms with E-state index in [-0.39, 0.29) is 29.3 Å². The number of aromatic nitrogens is 2. The Labute approximate surface area is 155 Å². The van der Waals surface area contributed by atoms with Crippen LogP contribution in [0.2, 0.25) is 5.02 Å². The van der Waals surface area contributed by atoms with E-state index >= 15 is 0 Å². The molecule has 0 aliphatic heterocycles. The van der Waals surface area contributed by atoms with Crippen LogP contribution in [0.1, 0.15) is 17.4 Å². The number of carbonyl (C=O) groups is 1. The number of amides is 1. The van der Waals surface area contributed by atoms with E-state index in [0.29, 0.717) is 6.42 Å². The molecule has 0 bridgehead atoms. The van der Waals surface area contributed by atoms with E-state index in [1.165, 1.54) is 12.1 Å². The third-order valence-corrected chi connectivity index (χ3v) is 4.04. The zero-order chi connectivity index (χ0) is 18.4. The van der Waals surface area contributed by atoms with Crippen molar-refractivity contribution in [1.29, 1.82) is 0 Å². The average molecular weight is 374 g/mol. The van der Waals surface area contributed by atoms with Gasteiger partial charge < -0.3 is 15.0 Å². The number of rotatable bonds is 7. The molecule has 2 aromatic carbocycles. The second kappa shape index (κ2) is 8.49. The molecule has 0 fully saturated rings. The van der Waals surface area contributed by atoms with Crippen molar-refractivity contribution in [3.63, 3.8) is 0 Å². The summed E-state index contributed by atoms with van der Waals surface area (Å²) in [6.45, 7) is -0.229. The first kappa shape index (κ1) is 17.9. The Bertz CT molecular complexity index is 856. The van der Waals surface area contributed by atoms with E-state index < -0.39 is 5.82 Å². The molecule has 1 atom stereocenters. The lowest BCUT2D eigenvalue weighted by Crippen LogP contribution is -2.34. The van der Waals surface area contributed by atoms with Crippen molar-refractivity contribution in [2.45, 2.75) is 12.5 Å². The van der Waals surface area contributed by atoms with Crippen molar-refractivity contribution < 1.29 is 13.9 Å². The Morgan fingerprint density at radius 3 is 2.77 bits per heavy atom. The highest BCUT2D eigenvalue weighted by Gasteiger charge is 2.17. The number of H-pyrrole nitrogens is 1. The lowest BCUT2D eigenvalue weighted by atomic mass is 10.0. The van der Waals surface area contributed by atoms with Crippen molar-refractivity contribution in [1.82, 2.24) is 15.3 Å². The Morgan fingerprint density at radius 1 is 1.27 bits per heavy atom. The normalized spacial score (nSPS) is 11.8. The SMILES string of the molecule is O=C(COc1ccc(F)cc1Cl)N[C@H](Cc1ncc[nH]1)c1ccccc1. The standard InChI is InChI=1S/C19H17ClFN3O2/c20-15-10-14(21)6-7-17(15)26-12-19(25)24-16(11-18-22-8-9-23-18)13-4-2-1-3-5-13/h1-10,16H,11-12H2,(H,22,23)(H,24,25)/t16-/m1/s1. The summed E-state index contributed by atoms with van der Waals surface area (Å²) in [6.07, 6.45) is 3.91. The molecule has 3 rings (SSSR count). The maximum Gasteiger partial charge on any atom is 0.258 e. The molecule has 1 amide bonds. The highest BCUT2D eigenvalue weighted by atomic mass is 35.5. The molecular formula is C19H17ClFN3O2. The Kier molecular flexibility index (Phi) is 5.86. The molecule has 26 heavy (non-hydrogen) atoms. The molecule has 5 nitrogen and oxygen atoms in total. The lowest BCUT2D eigenvalue weighted by molar-refractivity contribution is -0.123. The summed E-state index contributed by atoms with van der Waals surface area (Å²) < 4.78 is 18.4. The van der Waals surface area contributed by atoms with Crippen LogP contribution in [0.5, 0.6) is 5.75 Å². The van der Waals surface area contributed by atoms with Gasteiger partial charge in [-0.3, -0.25) is 4.79 Å². The quantitative estimate of drug-likeness (QED) is 0.664. The van der Waals surface area contributed by atoms with Crippen LogP contribution in [-0.4, -0.2) is 22.5 Å². The van der Waals surface area contributed by atoms with E-state index in [2.05, 4.69) is 15.3 Å². The number of nitrogens with zero attached hydrogens (tertiary/aromatic N) is 1. The van der Waals surface area contributed by atoms with Gasteiger partial charge in [0.1, 0.15) is 17.4 Å². The minimum atomic E-state index is -0.464. The van der Waals surface area contributed by atoms with Gasteiger partial charge in [-0.05, 0) is 23.8 Å². The zero-order valence-corrected chi connectivity index (χ0v) is 14.5. The number of halogens is 2. The van der Waals surface area contributed by atoms with Gasteiger partial charge in [0.15, 0.2) is 6.61 Å². The van der Waals surface area contributed by atoms with Crippen LogP contribution in [0.25, 0.3) is 0 Å². The topological polar surface area (TPSA) is 67.0 Å². The maximum absolute atomic E-state index is 13.1. The molecule has 3 aromatic rings. The molecule has 0 unspecified atom stereocenters. The third kappa shape index (κ3) is 4.83. The molecule has 1 aromatic heterocycles. The summed E-state index contributed by atoms with van der Waals surface area (Å²) in [4.78, 5) is 19.6. The number of nitrogens with one attached hydrogen (secondary N) is 2. The average Bonchev–Trinajstić information content (AvgIpc) is 3.14. The van der Waals surface area contributed by atoms with Gasteiger partial charge in [0.2, 0.25) is 0 Å². The summed E-state index contributed by atoms with van der Waals surface area (Å²) in [5.41, 5.74) is 0.956. The number of carbonyl (C=O) groups excluding carboxylic acids is 1. The first-order valence-corrected chi connectivity index (χ1v) is 8.40. The van der Waals surface area contributed by atoms with Crippen molar-refractivity contribution in [2.75, 3.05) is 6.61 Å². The van der Waals surface area contributed by atoms with Gasteiger partial charge in [-0.15, -0.1) is 0 Å². The third-order valence-electron chi connectivity index (χ3n) is 3.74. The second-order valence-electron chi connectivity index (χ2n) is 5.63. The van der Waals surface area contributed by atoms with E-state index in [9.17, 15) is 9.18 Å². The summed E-state index contributed by atoms with van der Waals surface area (Å²) in [6, 6.07) is 13.1. The van der Waals surface area contributed by atoms with Crippen LogP contribution in [0, 0.1) is 5.82 Å². The monoisotopic (exact) mass is 373 g/mol. The van der Waals surface area contributed by atoms with E-state index in [4.69, 9.17) is 16.3 Å². The number of hydrogen-bond donors (Lipinski definition) is 2. The maximum atomic E-state index is 13.1. The van der Waals surface area contributed by atoms with Gasteiger partial charge in [0, 0.05) is 18.8 Å². The van der Waals surface area contributed by atoms with Crippen molar-refractivity contribution in [3.8, 4) is 5.75 Å². The fourth-order valence-electron chi connectivity index (χ4n) is 2.51. The minimum Gasteiger partial charge on any atom is -0.482 e. The van der Waals surface area contributed by atoms with Crippen LogP contribution < -0.4 is 10.1 Å². The molecule has 0 aliphatic rings. The van der Waals surface area contributed by atoms with Crippen LogP contribution >= 0.6 is 11.6 Å². The molecule has 0 spiro atoms. The molecule has 0 aliphatic carbocycles. The van der Waals surface area contributed by atoms with Gasteiger partial charge in [0.05, 0.1) is 11.1 Å². The Hall–Kier alpha value is -2.86. The first-order valence-electron chi connectivity index (χ1n) is 8.02. The predicted octanol–water partition coefficient (Wildman–Crippen LogP) is 3.68. The molecule has 134 valence electrons. The Morgan fingerprint density at radius 2 is 2.08 bits per heavy atom. The molecule has 0 radical (unpaired) electrons. The molecular weight excluding hydrogens is 357 g/mol. The minimum absolute atomic E-state index is 0.119. The van der Waals surface area contributed by atoms with E-state index in [1.54, 1.807) is 12.4 Å². The van der Waals surface area contributed by atoms with Gasteiger partial charge in [-0.2, -0.15) is 0 Å². The van der Waals surface area contributed by atoms with Crippen LogP contribution in [0.4, 0.5) is 4.39 Å². The molecule has 7 heteroatoms. The molecule has 2 N–H and O–H groups in total. The highest BCUT2D eigenvalue weighted by Crippen LogP contribution is 2.24. The number of aromatic amines is 1. The van der Waals surface area contributed by atoms with E-state index in [1.807, 2.05) is 30.3 Å². The number of imidazole rings is 1. The van der Waals surface area contributed by atoms with Crippen LogP contribution in [-0.2, 0) is 11.2 Å². The lowest BCUT2D eigenvalue weighted by Gasteiger charge is -2.18. The second-order valence-corrected chi connectivity index (χ2v) is 6.04. The fraction of sp³-hybridized carbons (Fsp3) is 0.158. The van der Waals surface area contributed by atoms with Crippen molar-refractivity contribution in [3.05, 3.63) is 83.2 Å². The van der Waals surface area contributed by atoms with E-state index in [0.717, 1.165) is 17.5 Å². The molecule has 0 saturated heterocycles. The molecule has 1 heterocycles. The van der Waals surface area contributed by atoms with Gasteiger partial charge >= 0.3 is 0 Å². The van der Waals surface area contributed by atoms with Gasteiger partial charge in [-0.25, -0.2) is 9.37 Å². The smallest absolute Gasteiger partial charge is 0.258 e. The number of hydrogen-bond acceptors (Lipinski definition) is 3. The summed E-state index contributed by atoms with van der Waals surface area (Å²) >= 11 is 5.90. The fourth-order valence-corrected chi connectivity index (χ4v) is 2.73. The van der Waals surface area contributed by atoms with Crippen LogP contribution in [0.15, 0.2) is 60.9 Å². The summed E-state index contributed by atoms with van der Waals surface area (Å²) in [7, 11) is 0. The van der Waals surface area contributed by atoms with Crippen molar-refractivity contribution in [2.24, 2.45) is 0 Å². The Balaban J connectivity index is 1.65. The zero-order valence-electron chi connectivity index (χ0n) is 13.8. The van der Waals surface area contributed by atoms with Crippen LogP contribution in [0.3, 0.4) is 0 Å². The summed E-state index contributed by atoms with van der Waals surface area (Å²) in [5.74, 6) is 0.243. The highest BCUT2D eigenvalue weighted by molar-refractivity contribution is 6.32. The van der Waals surface area contributed by atoms with Crippen molar-refractivity contribution >= 4 is 17.5 Å². The predicted molar refractivity (Wildman–Crippen MR) is 96.5 cm³/mol. The largest absolute Gasteiger partial charge is 0.482 e. The number of benzene rings is 2. The first-order chi connectivity index (χ1) is 12.6. The molecule has 0 saturated carbocycles. The number of ether oxygens (including phenoxy) is 1.